The van der Waals surface area contributed by atoms with E-state index in [-0.39, 0.29) is 12.0 Å². The van der Waals surface area contributed by atoms with Gasteiger partial charge in [0.25, 0.3) is 0 Å². The molecule has 0 bridgehead atoms. The number of pyridine rings is 1. The molecule has 1 aliphatic heterocycles. The maximum Gasteiger partial charge on any atom is 0.226 e. The van der Waals surface area contributed by atoms with E-state index in [1.54, 1.807) is 11.3 Å². The lowest BCUT2D eigenvalue weighted by Crippen LogP contribution is -2.26. The SMILES string of the molecule is CCOC(C)c1nc(CC(=O)NCc2ccnc(N3CCCCCC3)c2)cs1. The number of anilines is 1. The molecule has 0 saturated carbocycles. The summed E-state index contributed by atoms with van der Waals surface area (Å²) in [6.07, 6.45) is 7.14. The molecule has 152 valence electrons. The average molecular weight is 403 g/mol. The van der Waals surface area contributed by atoms with Crippen molar-refractivity contribution in [3.63, 3.8) is 0 Å². The van der Waals surface area contributed by atoms with Crippen LogP contribution in [0.4, 0.5) is 5.82 Å². The number of nitrogens with zero attached hydrogens (tertiary/aromatic N) is 3. The van der Waals surface area contributed by atoms with Gasteiger partial charge in [0, 0.05) is 37.8 Å². The Morgan fingerprint density at radius 1 is 1.32 bits per heavy atom. The minimum absolute atomic E-state index is 0.0194. The standard InChI is InChI=1S/C21H30N4O2S/c1-3-27-16(2)21-24-18(15-28-21)13-20(26)23-14-17-8-9-22-19(12-17)25-10-6-4-5-7-11-25/h8-9,12,15-16H,3-7,10-11,13-14H2,1-2H3,(H,23,26). The molecule has 0 spiro atoms. The van der Waals surface area contributed by atoms with Gasteiger partial charge in [0.15, 0.2) is 0 Å². The Kier molecular flexibility index (Phi) is 7.80. The van der Waals surface area contributed by atoms with Gasteiger partial charge in [-0.1, -0.05) is 12.8 Å². The molecule has 2 aromatic rings. The lowest BCUT2D eigenvalue weighted by Gasteiger charge is -2.21. The largest absolute Gasteiger partial charge is 0.372 e. The van der Waals surface area contributed by atoms with Crippen LogP contribution in [0.25, 0.3) is 0 Å². The first kappa shape index (κ1) is 20.7. The quantitative estimate of drug-likeness (QED) is 0.726. The van der Waals surface area contributed by atoms with Crippen molar-refractivity contribution in [3.8, 4) is 0 Å². The van der Waals surface area contributed by atoms with Crippen molar-refractivity contribution in [1.29, 1.82) is 0 Å². The van der Waals surface area contributed by atoms with Crippen LogP contribution < -0.4 is 10.2 Å². The first-order chi connectivity index (χ1) is 13.7. The van der Waals surface area contributed by atoms with Gasteiger partial charge in [0.1, 0.15) is 16.9 Å². The van der Waals surface area contributed by atoms with Crippen LogP contribution in [0.2, 0.25) is 0 Å². The molecular formula is C21H30N4O2S. The van der Waals surface area contributed by atoms with Gasteiger partial charge in [0.2, 0.25) is 5.91 Å². The van der Waals surface area contributed by atoms with Gasteiger partial charge in [-0.3, -0.25) is 4.79 Å². The fourth-order valence-electron chi connectivity index (χ4n) is 3.38. The third-order valence-corrected chi connectivity index (χ3v) is 5.96. The second-order valence-electron chi connectivity index (χ2n) is 7.15. The predicted octanol–water partition coefficient (Wildman–Crippen LogP) is 3.87. The van der Waals surface area contributed by atoms with Crippen molar-refractivity contribution >= 4 is 23.1 Å². The highest BCUT2D eigenvalue weighted by Crippen LogP contribution is 2.21. The summed E-state index contributed by atoms with van der Waals surface area (Å²) in [5.74, 6) is 0.997. The molecular weight excluding hydrogens is 372 g/mol. The Morgan fingerprint density at radius 3 is 2.86 bits per heavy atom. The number of aromatic nitrogens is 2. The molecule has 1 saturated heterocycles. The lowest BCUT2D eigenvalue weighted by molar-refractivity contribution is -0.120. The van der Waals surface area contributed by atoms with E-state index >= 15 is 0 Å². The predicted molar refractivity (Wildman–Crippen MR) is 113 cm³/mol. The number of carbonyl (C=O) groups is 1. The van der Waals surface area contributed by atoms with Gasteiger partial charge in [-0.15, -0.1) is 11.3 Å². The normalized spacial score (nSPS) is 15.9. The van der Waals surface area contributed by atoms with Gasteiger partial charge in [-0.25, -0.2) is 9.97 Å². The van der Waals surface area contributed by atoms with E-state index in [4.69, 9.17) is 4.74 Å². The number of ether oxygens (including phenoxy) is 1. The lowest BCUT2D eigenvalue weighted by atomic mass is 10.2. The number of amides is 1. The molecule has 3 rings (SSSR count). The molecule has 1 fully saturated rings. The van der Waals surface area contributed by atoms with Gasteiger partial charge < -0.3 is 15.0 Å². The maximum absolute atomic E-state index is 12.3. The molecule has 1 aliphatic rings. The summed E-state index contributed by atoms with van der Waals surface area (Å²) in [6.45, 7) is 7.24. The molecule has 0 radical (unpaired) electrons. The van der Waals surface area contributed by atoms with Crippen molar-refractivity contribution in [1.82, 2.24) is 15.3 Å². The first-order valence-corrected chi connectivity index (χ1v) is 11.1. The summed E-state index contributed by atoms with van der Waals surface area (Å²) >= 11 is 1.54. The minimum Gasteiger partial charge on any atom is -0.372 e. The van der Waals surface area contributed by atoms with Crippen molar-refractivity contribution in [3.05, 3.63) is 40.0 Å². The number of hydrogen-bond donors (Lipinski definition) is 1. The van der Waals surface area contributed by atoms with Crippen molar-refractivity contribution in [2.24, 2.45) is 0 Å². The fourth-order valence-corrected chi connectivity index (χ4v) is 4.21. The Hall–Kier alpha value is -1.99. The number of thiazole rings is 1. The van der Waals surface area contributed by atoms with Crippen LogP contribution in [-0.2, 0) is 22.5 Å². The molecule has 1 N–H and O–H groups in total. The summed E-state index contributed by atoms with van der Waals surface area (Å²) in [6, 6.07) is 4.06. The number of carbonyl (C=O) groups excluding carboxylic acids is 1. The van der Waals surface area contributed by atoms with Crippen LogP contribution in [-0.4, -0.2) is 35.6 Å². The van der Waals surface area contributed by atoms with Gasteiger partial charge in [-0.2, -0.15) is 0 Å². The second kappa shape index (κ2) is 10.5. The zero-order valence-electron chi connectivity index (χ0n) is 16.8. The van der Waals surface area contributed by atoms with E-state index in [0.717, 1.165) is 35.2 Å². The van der Waals surface area contributed by atoms with E-state index in [0.29, 0.717) is 19.6 Å². The molecule has 0 aliphatic carbocycles. The van der Waals surface area contributed by atoms with Crippen LogP contribution in [0, 0.1) is 0 Å². The number of hydrogen-bond acceptors (Lipinski definition) is 6. The first-order valence-electron chi connectivity index (χ1n) is 10.2. The summed E-state index contributed by atoms with van der Waals surface area (Å²) in [5.41, 5.74) is 1.87. The zero-order chi connectivity index (χ0) is 19.8. The van der Waals surface area contributed by atoms with E-state index in [2.05, 4.69) is 26.3 Å². The summed E-state index contributed by atoms with van der Waals surface area (Å²) < 4.78 is 5.56. The average Bonchev–Trinajstić information content (AvgIpc) is 2.99. The summed E-state index contributed by atoms with van der Waals surface area (Å²) in [4.78, 5) is 23.7. The van der Waals surface area contributed by atoms with Gasteiger partial charge in [-0.05, 0) is 44.4 Å². The zero-order valence-corrected chi connectivity index (χ0v) is 17.6. The van der Waals surface area contributed by atoms with Gasteiger partial charge >= 0.3 is 0 Å². The summed E-state index contributed by atoms with van der Waals surface area (Å²) in [5, 5.41) is 5.86. The van der Waals surface area contributed by atoms with Crippen LogP contribution in [0.15, 0.2) is 23.7 Å². The highest BCUT2D eigenvalue weighted by atomic mass is 32.1. The van der Waals surface area contributed by atoms with E-state index in [9.17, 15) is 4.79 Å². The molecule has 0 aromatic carbocycles. The maximum atomic E-state index is 12.3. The monoisotopic (exact) mass is 402 g/mol. The molecule has 1 unspecified atom stereocenters. The number of nitrogens with one attached hydrogen (secondary N) is 1. The topological polar surface area (TPSA) is 67.3 Å². The van der Waals surface area contributed by atoms with Crippen LogP contribution in [0.3, 0.4) is 0 Å². The van der Waals surface area contributed by atoms with Gasteiger partial charge in [0.05, 0.1) is 12.1 Å². The highest BCUT2D eigenvalue weighted by molar-refractivity contribution is 7.09. The van der Waals surface area contributed by atoms with Crippen molar-refractivity contribution < 1.29 is 9.53 Å². The van der Waals surface area contributed by atoms with E-state index in [1.165, 1.54) is 25.7 Å². The van der Waals surface area contributed by atoms with Crippen LogP contribution in [0.5, 0.6) is 0 Å². The minimum atomic E-state index is -0.0268. The molecule has 28 heavy (non-hydrogen) atoms. The second-order valence-corrected chi connectivity index (χ2v) is 8.04. The smallest absolute Gasteiger partial charge is 0.226 e. The Labute approximate surface area is 171 Å². The molecule has 1 amide bonds. The Bertz CT molecular complexity index is 756. The van der Waals surface area contributed by atoms with Crippen molar-refractivity contribution in [2.45, 2.75) is 58.6 Å². The van der Waals surface area contributed by atoms with Crippen LogP contribution >= 0.6 is 11.3 Å². The molecule has 2 aromatic heterocycles. The third-order valence-electron chi connectivity index (χ3n) is 4.91. The van der Waals surface area contributed by atoms with Crippen LogP contribution in [0.1, 0.15) is 61.9 Å². The third kappa shape index (κ3) is 6.01. The highest BCUT2D eigenvalue weighted by Gasteiger charge is 2.14. The summed E-state index contributed by atoms with van der Waals surface area (Å²) in [7, 11) is 0. The van der Waals surface area contributed by atoms with Crippen molar-refractivity contribution in [2.75, 3.05) is 24.6 Å². The molecule has 7 heteroatoms. The molecule has 1 atom stereocenters. The van der Waals surface area contributed by atoms with E-state index in [1.807, 2.05) is 31.5 Å². The Morgan fingerprint density at radius 2 is 2.11 bits per heavy atom. The molecule has 3 heterocycles. The Balaban J connectivity index is 1.51. The van der Waals surface area contributed by atoms with E-state index < -0.39 is 0 Å². The number of rotatable bonds is 8. The fraction of sp³-hybridized carbons (Fsp3) is 0.571. The molecule has 6 nitrogen and oxygen atoms in total.